The van der Waals surface area contributed by atoms with E-state index in [-0.39, 0.29) is 41.0 Å². The van der Waals surface area contributed by atoms with Crippen LogP contribution in [0.15, 0.2) is 39.5 Å². The summed E-state index contributed by atoms with van der Waals surface area (Å²) in [6, 6.07) is 5.87. The van der Waals surface area contributed by atoms with Gasteiger partial charge in [0, 0.05) is 29.7 Å². The molecule has 4 rings (SSSR count). The van der Waals surface area contributed by atoms with Crippen LogP contribution in [-0.2, 0) is 0 Å². The smallest absolute Gasteiger partial charge is 0.197 e. The minimum absolute atomic E-state index is 0.107. The number of halogens is 2. The number of likely N-dealkylation sites (N-methyl/N-ethyl adjacent to an activating group) is 1. The Morgan fingerprint density at radius 3 is 2.45 bits per heavy atom. The maximum Gasteiger partial charge on any atom is 0.197 e. The number of aliphatic hydroxyl groups excluding tert-OH is 1. The normalized spacial score (nSPS) is 19.2. The van der Waals surface area contributed by atoms with Gasteiger partial charge in [-0.2, -0.15) is 0 Å². The third kappa shape index (κ3) is 3.45. The number of hydrogen-bond acceptors (Lipinski definition) is 6. The van der Waals surface area contributed by atoms with Crippen LogP contribution in [0.2, 0.25) is 0 Å². The van der Waals surface area contributed by atoms with Gasteiger partial charge >= 0.3 is 0 Å². The number of ether oxygens (including phenoxy) is 2. The Morgan fingerprint density at radius 2 is 1.84 bits per heavy atom. The zero-order valence-corrected chi connectivity index (χ0v) is 17.4. The number of likely N-dealkylation sites (tertiary alicyclic amines) is 1. The van der Waals surface area contributed by atoms with E-state index in [9.17, 15) is 18.7 Å². The molecule has 0 spiro atoms. The third-order valence-corrected chi connectivity index (χ3v) is 6.00. The lowest BCUT2D eigenvalue weighted by molar-refractivity contribution is 0.171. The van der Waals surface area contributed by atoms with Crippen LogP contribution in [-0.4, -0.2) is 50.5 Å². The monoisotopic (exact) mass is 431 g/mol. The molecule has 1 saturated heterocycles. The SMILES string of the molecule is COc1cc(OC)c2c(=O)cc(-c3c(F)cccc3F)oc2c1[C@H]1CCN(C)[C@@H]1CO. The molecule has 0 saturated carbocycles. The van der Waals surface area contributed by atoms with Crippen molar-refractivity contribution in [1.29, 1.82) is 0 Å². The molecule has 2 heterocycles. The van der Waals surface area contributed by atoms with Gasteiger partial charge in [-0.1, -0.05) is 6.07 Å². The summed E-state index contributed by atoms with van der Waals surface area (Å²) in [6.07, 6.45) is 0.682. The first-order chi connectivity index (χ1) is 14.9. The zero-order chi connectivity index (χ0) is 22.3. The van der Waals surface area contributed by atoms with Gasteiger partial charge in [-0.25, -0.2) is 8.78 Å². The fourth-order valence-corrected chi connectivity index (χ4v) is 4.45. The molecule has 1 N–H and O–H groups in total. The number of methoxy groups -OCH3 is 2. The van der Waals surface area contributed by atoms with Gasteiger partial charge in [0.2, 0.25) is 0 Å². The molecule has 1 aliphatic heterocycles. The average Bonchev–Trinajstić information content (AvgIpc) is 3.12. The molecule has 0 amide bonds. The van der Waals surface area contributed by atoms with Crippen LogP contribution in [0.25, 0.3) is 22.3 Å². The van der Waals surface area contributed by atoms with E-state index in [0.717, 1.165) is 24.7 Å². The Bertz CT molecular complexity index is 1170. The fraction of sp³-hybridized carbons (Fsp3) is 0.348. The minimum atomic E-state index is -0.840. The molecule has 164 valence electrons. The first-order valence-electron chi connectivity index (χ1n) is 9.89. The molecule has 3 aromatic rings. The van der Waals surface area contributed by atoms with Crippen molar-refractivity contribution in [1.82, 2.24) is 4.90 Å². The number of aliphatic hydroxyl groups is 1. The van der Waals surface area contributed by atoms with Gasteiger partial charge in [-0.15, -0.1) is 0 Å². The summed E-state index contributed by atoms with van der Waals surface area (Å²) in [5, 5.41) is 10.1. The van der Waals surface area contributed by atoms with Crippen LogP contribution in [0, 0.1) is 11.6 Å². The molecular weight excluding hydrogens is 408 g/mol. The average molecular weight is 431 g/mol. The van der Waals surface area contributed by atoms with Crippen LogP contribution < -0.4 is 14.9 Å². The van der Waals surface area contributed by atoms with Crippen LogP contribution in [0.3, 0.4) is 0 Å². The van der Waals surface area contributed by atoms with Crippen molar-refractivity contribution < 1.29 is 27.8 Å². The Balaban J connectivity index is 2.09. The number of nitrogens with zero attached hydrogens (tertiary/aromatic N) is 1. The first kappa shape index (κ1) is 21.3. The molecule has 1 aliphatic rings. The van der Waals surface area contributed by atoms with Crippen molar-refractivity contribution in [3.05, 3.63) is 57.8 Å². The second-order valence-electron chi connectivity index (χ2n) is 7.60. The Morgan fingerprint density at radius 1 is 1.16 bits per heavy atom. The molecular formula is C23H23F2NO5. The summed E-state index contributed by atoms with van der Waals surface area (Å²) in [5.74, 6) is -1.48. The van der Waals surface area contributed by atoms with Crippen LogP contribution in [0.5, 0.6) is 11.5 Å². The molecule has 8 heteroatoms. The second-order valence-corrected chi connectivity index (χ2v) is 7.60. The second kappa shape index (κ2) is 8.28. The van der Waals surface area contributed by atoms with Gasteiger partial charge in [-0.05, 0) is 32.1 Å². The summed E-state index contributed by atoms with van der Waals surface area (Å²) in [5.41, 5.74) is -0.208. The van der Waals surface area contributed by atoms with Gasteiger partial charge in [0.1, 0.15) is 39.9 Å². The molecule has 1 aromatic heterocycles. The van der Waals surface area contributed by atoms with Crippen molar-refractivity contribution in [3.8, 4) is 22.8 Å². The molecule has 0 aliphatic carbocycles. The van der Waals surface area contributed by atoms with Gasteiger partial charge in [0.25, 0.3) is 0 Å². The highest BCUT2D eigenvalue weighted by Gasteiger charge is 2.37. The molecule has 1 fully saturated rings. The maximum absolute atomic E-state index is 14.4. The van der Waals surface area contributed by atoms with E-state index in [1.165, 1.54) is 20.3 Å². The van der Waals surface area contributed by atoms with Gasteiger partial charge in [0.05, 0.1) is 26.4 Å². The molecule has 0 unspecified atom stereocenters. The van der Waals surface area contributed by atoms with E-state index >= 15 is 0 Å². The lowest BCUT2D eigenvalue weighted by Crippen LogP contribution is -2.32. The summed E-state index contributed by atoms with van der Waals surface area (Å²) in [4.78, 5) is 15.1. The highest BCUT2D eigenvalue weighted by atomic mass is 19.1. The highest BCUT2D eigenvalue weighted by molar-refractivity contribution is 5.90. The first-order valence-corrected chi connectivity index (χ1v) is 9.89. The molecule has 31 heavy (non-hydrogen) atoms. The number of hydrogen-bond donors (Lipinski definition) is 1. The molecule has 0 radical (unpaired) electrons. The van der Waals surface area contributed by atoms with Gasteiger partial charge in [0.15, 0.2) is 5.43 Å². The Labute approximate surface area is 177 Å². The maximum atomic E-state index is 14.4. The van der Waals surface area contributed by atoms with E-state index in [2.05, 4.69) is 0 Å². The lowest BCUT2D eigenvalue weighted by atomic mass is 9.89. The highest BCUT2D eigenvalue weighted by Crippen LogP contribution is 2.45. The quantitative estimate of drug-likeness (QED) is 0.666. The number of rotatable bonds is 5. The zero-order valence-electron chi connectivity index (χ0n) is 17.4. The molecule has 2 atom stereocenters. The minimum Gasteiger partial charge on any atom is -0.496 e. The number of benzene rings is 2. The van der Waals surface area contributed by atoms with Crippen molar-refractivity contribution in [2.24, 2.45) is 0 Å². The standard InChI is InChI=1S/C23H23F2NO5/c1-26-8-7-12(15(26)11-27)20-17(29-2)10-18(30-3)22-16(28)9-19(31-23(20)22)21-13(24)5-4-6-14(21)25/h4-6,9-10,12,15,27H,7-8,11H2,1-3H3/t12-,15+/m0/s1. The van der Waals surface area contributed by atoms with E-state index in [4.69, 9.17) is 13.9 Å². The van der Waals surface area contributed by atoms with Gasteiger partial charge < -0.3 is 23.9 Å². The van der Waals surface area contributed by atoms with Crippen molar-refractivity contribution in [2.75, 3.05) is 34.4 Å². The van der Waals surface area contributed by atoms with Crippen molar-refractivity contribution in [3.63, 3.8) is 0 Å². The van der Waals surface area contributed by atoms with Crippen LogP contribution >= 0.6 is 0 Å². The largest absolute Gasteiger partial charge is 0.496 e. The Kier molecular flexibility index (Phi) is 5.68. The summed E-state index contributed by atoms with van der Waals surface area (Å²) >= 11 is 0. The predicted molar refractivity (Wildman–Crippen MR) is 112 cm³/mol. The van der Waals surface area contributed by atoms with E-state index in [1.54, 1.807) is 6.07 Å². The predicted octanol–water partition coefficient (Wildman–Crippen LogP) is 3.54. The van der Waals surface area contributed by atoms with E-state index < -0.39 is 22.6 Å². The van der Waals surface area contributed by atoms with Crippen molar-refractivity contribution >= 4 is 11.0 Å². The van der Waals surface area contributed by atoms with Crippen molar-refractivity contribution in [2.45, 2.75) is 18.4 Å². The summed E-state index contributed by atoms with van der Waals surface area (Å²) < 4.78 is 45.8. The summed E-state index contributed by atoms with van der Waals surface area (Å²) in [6.45, 7) is 0.613. The van der Waals surface area contributed by atoms with Crippen LogP contribution in [0.4, 0.5) is 8.78 Å². The lowest BCUT2D eigenvalue weighted by Gasteiger charge is -2.25. The van der Waals surface area contributed by atoms with Crippen LogP contribution in [0.1, 0.15) is 17.9 Å². The third-order valence-electron chi connectivity index (χ3n) is 6.00. The van der Waals surface area contributed by atoms with Gasteiger partial charge in [-0.3, -0.25) is 4.79 Å². The topological polar surface area (TPSA) is 72.1 Å². The van der Waals surface area contributed by atoms with E-state index in [1.807, 2.05) is 11.9 Å². The fourth-order valence-electron chi connectivity index (χ4n) is 4.45. The Hall–Kier alpha value is -2.97. The summed E-state index contributed by atoms with van der Waals surface area (Å²) in [7, 11) is 4.79. The number of fused-ring (bicyclic) bond motifs is 1. The molecule has 2 aromatic carbocycles. The molecule has 6 nitrogen and oxygen atoms in total. The molecule has 0 bridgehead atoms. The van der Waals surface area contributed by atoms with E-state index in [0.29, 0.717) is 17.7 Å².